The minimum atomic E-state index is -1.80. The Kier molecular flexibility index (Phi) is 38.1. The fourth-order valence-electron chi connectivity index (χ4n) is 13.0. The molecule has 0 aromatic heterocycles. The highest BCUT2D eigenvalue weighted by Gasteiger charge is 2.45. The minimum Gasteiger partial charge on any atom is -0.480 e. The Morgan fingerprint density at radius 3 is 1.70 bits per heavy atom. The van der Waals surface area contributed by atoms with Crippen molar-refractivity contribution < 1.29 is 97.8 Å². The second-order valence-corrected chi connectivity index (χ2v) is 30.5. The van der Waals surface area contributed by atoms with Crippen LogP contribution in [0.1, 0.15) is 107 Å². The van der Waals surface area contributed by atoms with Crippen molar-refractivity contribution in [2.45, 2.75) is 163 Å². The molecule has 0 aliphatic carbocycles. The first-order chi connectivity index (χ1) is 51.6. The van der Waals surface area contributed by atoms with Crippen molar-refractivity contribution in [3.63, 3.8) is 0 Å². The molecular weight excluding hydrogens is 1470 g/mol. The van der Waals surface area contributed by atoms with Gasteiger partial charge in [0.15, 0.2) is 0 Å². The molecule has 0 unspecified atom stereocenters. The third kappa shape index (κ3) is 30.7. The van der Waals surface area contributed by atoms with Crippen LogP contribution >= 0.6 is 35.3 Å². The number of carboxylic acid groups (broad SMARTS) is 4. The highest BCUT2D eigenvalue weighted by atomic mass is 32.2. The van der Waals surface area contributed by atoms with Crippen molar-refractivity contribution in [2.24, 2.45) is 5.73 Å². The Hall–Kier alpha value is -8.17. The number of aliphatic hydroxyl groups is 2. The summed E-state index contributed by atoms with van der Waals surface area (Å²) in [6.45, 7) is 3.57. The standard InChI is InChI=1S/C71H106N14O20S3/c1-3-4-6-16-58(89)74-54-44-108-42-49-32-47(40-106-30-11-19-73-59(90)35-80-22-24-81(36-60(91)92)26-28-83(38-62(95)96)29-27-82(25-23-80)37-61(93)94)31-48(33-49)41-107-43-53(66(99)77-52(39-86)71(104)105)78-65(98)51(34-46-12-7-5-8-13-46)76-64(97)50(17-18-57(72)88)75-68(101)63(45(2)87)79-67(100)55-14-9-20-84(55)70(103)56-15-10-21-85(56)69(54)102/h5,7-8,12-13,31-33,45,50-56,63,86-87H,3-4,6,9-11,14-30,34-44H2,1-2H3,(H2,72,88)(H,73,90)(H,74,89)(H,75,101)(H,76,97)(H,77,99)(H,78,98)(H,79,100)(H,91,92)(H,93,94)(H,95,96)(H,104,105)/t45-,50+,51+,52+,53+,54+,55+,56+,63+/m1/s1. The van der Waals surface area contributed by atoms with Gasteiger partial charge in [0.2, 0.25) is 59.1 Å². The number of nitrogens with two attached hydrogens (primary N) is 1. The molecule has 3 saturated heterocycles. The van der Waals surface area contributed by atoms with Crippen LogP contribution < -0.4 is 43.0 Å². The van der Waals surface area contributed by atoms with E-state index in [0.717, 1.165) is 29.5 Å². The highest BCUT2D eigenvalue weighted by molar-refractivity contribution is 7.99. The first-order valence-electron chi connectivity index (χ1n) is 36.5. The van der Waals surface area contributed by atoms with Crippen LogP contribution in [0, 0.1) is 0 Å². The Balaban J connectivity index is 1.29. The monoisotopic (exact) mass is 1570 g/mol. The lowest BCUT2D eigenvalue weighted by molar-refractivity contribution is -0.148. The smallest absolute Gasteiger partial charge is 0.328 e. The zero-order valence-corrected chi connectivity index (χ0v) is 63.7. The molecule has 4 heterocycles. The van der Waals surface area contributed by atoms with Gasteiger partial charge in [-0.25, -0.2) is 4.79 Å². The van der Waals surface area contributed by atoms with Crippen LogP contribution in [0.2, 0.25) is 0 Å². The van der Waals surface area contributed by atoms with Crippen LogP contribution in [0.5, 0.6) is 0 Å². The van der Waals surface area contributed by atoms with E-state index in [-0.39, 0.29) is 153 Å². The second kappa shape index (κ2) is 46.4. The predicted octanol–water partition coefficient (Wildman–Crippen LogP) is -2.18. The molecule has 4 aliphatic heterocycles. The van der Waals surface area contributed by atoms with Crippen molar-refractivity contribution in [1.82, 2.24) is 66.6 Å². The average molecular weight is 1570 g/mol. The molecule has 2 aromatic carbocycles. The molecule has 0 saturated carbocycles. The summed E-state index contributed by atoms with van der Waals surface area (Å²) in [4.78, 5) is 199. The van der Waals surface area contributed by atoms with Crippen molar-refractivity contribution in [2.75, 3.05) is 122 Å². The Morgan fingerprint density at radius 1 is 0.611 bits per heavy atom. The van der Waals surface area contributed by atoms with E-state index in [0.29, 0.717) is 48.5 Å². The second-order valence-electron chi connectivity index (χ2n) is 27.4. The zero-order chi connectivity index (χ0) is 78.8. The van der Waals surface area contributed by atoms with Crippen LogP contribution in [0.25, 0.3) is 0 Å². The molecule has 2 bridgehead atoms. The van der Waals surface area contributed by atoms with E-state index in [1.165, 1.54) is 40.2 Å². The minimum absolute atomic E-state index is 0.0675. The summed E-state index contributed by atoms with van der Waals surface area (Å²) < 4.78 is 0. The maximum atomic E-state index is 15.0. The molecule has 15 N–H and O–H groups in total. The van der Waals surface area contributed by atoms with Crippen molar-refractivity contribution in [1.29, 1.82) is 0 Å². The number of hydrogen-bond donors (Lipinski definition) is 14. The van der Waals surface area contributed by atoms with E-state index in [1.807, 2.05) is 30.0 Å². The van der Waals surface area contributed by atoms with Crippen LogP contribution in [0.4, 0.5) is 0 Å². The first-order valence-corrected chi connectivity index (χ1v) is 40.0. The number of aliphatic carboxylic acids is 4. The number of carboxylic acids is 4. The van der Waals surface area contributed by atoms with E-state index >= 15 is 0 Å². The zero-order valence-electron chi connectivity index (χ0n) is 61.2. The summed E-state index contributed by atoms with van der Waals surface area (Å²) in [6, 6.07) is 2.61. The lowest BCUT2D eigenvalue weighted by Gasteiger charge is -2.33. The fraction of sp³-hybridized carbons (Fsp3) is 0.634. The Morgan fingerprint density at radius 2 is 1.16 bits per heavy atom. The number of primary amides is 1. The van der Waals surface area contributed by atoms with Gasteiger partial charge < -0.3 is 83.4 Å². The van der Waals surface area contributed by atoms with Gasteiger partial charge in [0.1, 0.15) is 48.3 Å². The van der Waals surface area contributed by atoms with Gasteiger partial charge in [-0.05, 0) is 79.9 Å². The van der Waals surface area contributed by atoms with E-state index < -0.39 is 145 Å². The summed E-state index contributed by atoms with van der Waals surface area (Å²) in [5.41, 5.74) is 8.42. The Labute approximate surface area is 640 Å². The molecule has 4 aliphatic rings. The lowest BCUT2D eigenvalue weighted by Crippen LogP contribution is -2.62. The molecule has 108 heavy (non-hydrogen) atoms. The maximum absolute atomic E-state index is 15.0. The molecule has 0 spiro atoms. The molecule has 0 radical (unpaired) electrons. The van der Waals surface area contributed by atoms with Crippen molar-refractivity contribution >= 4 is 118 Å². The van der Waals surface area contributed by atoms with E-state index in [2.05, 4.69) is 37.2 Å². The van der Waals surface area contributed by atoms with E-state index in [9.17, 15) is 97.8 Å². The van der Waals surface area contributed by atoms with Gasteiger partial charge in [-0.3, -0.25) is 81.9 Å². The highest BCUT2D eigenvalue weighted by Crippen LogP contribution is 2.29. The summed E-state index contributed by atoms with van der Waals surface area (Å²) >= 11 is 4.09. The Bertz CT molecular complexity index is 3370. The van der Waals surface area contributed by atoms with Gasteiger partial charge in [0.05, 0.1) is 38.9 Å². The average Bonchev–Trinajstić information content (AvgIpc) is 1.63. The SMILES string of the molecule is CCCCCC(=O)N[C@H]1CSCc2cc(CSCCCNC(=O)CN3CCN(CC(=O)O)CCN(CC(=O)O)CCN(CC(=O)O)CC3)cc(c2)CSC[C@@H](C(=O)N[C@@H](CO)C(=O)O)NC(=O)[C@H](Cc2ccccc2)NC(=O)[C@H](CCC(N)=O)NC(=O)[C@H]([C@@H](C)O)NC(=O)[C@@H]2CCCN2C(=O)[C@@H]2CCCN2C1=O. The number of aliphatic hydroxyl groups excluding tert-OH is 2. The van der Waals surface area contributed by atoms with Gasteiger partial charge in [0.25, 0.3) is 0 Å². The van der Waals surface area contributed by atoms with Crippen molar-refractivity contribution in [3.8, 4) is 0 Å². The first kappa shape index (κ1) is 88.7. The summed E-state index contributed by atoms with van der Waals surface area (Å²) in [6.07, 6.45) is 1.25. The number of thioether (sulfide) groups is 3. The summed E-state index contributed by atoms with van der Waals surface area (Å²) in [7, 11) is 0. The number of amides is 10. The molecule has 3 fully saturated rings. The van der Waals surface area contributed by atoms with E-state index in [4.69, 9.17) is 5.73 Å². The largest absolute Gasteiger partial charge is 0.480 e. The molecule has 6 rings (SSSR count). The molecule has 34 nitrogen and oxygen atoms in total. The topological polar surface area (TPSA) is 490 Å². The fourth-order valence-corrected chi connectivity index (χ4v) is 15.9. The number of rotatable bonds is 29. The molecule has 37 heteroatoms. The quantitative estimate of drug-likeness (QED) is 0.0385. The van der Waals surface area contributed by atoms with Gasteiger partial charge in [-0.2, -0.15) is 35.3 Å². The van der Waals surface area contributed by atoms with Crippen LogP contribution in [0.15, 0.2) is 48.5 Å². The summed E-state index contributed by atoms with van der Waals surface area (Å²) in [5, 5.41) is 78.4. The van der Waals surface area contributed by atoms with Crippen LogP contribution in [-0.4, -0.2) is 319 Å². The third-order valence-corrected chi connectivity index (χ3v) is 22.0. The molecule has 10 amide bonds. The number of unbranched alkanes of at least 4 members (excludes halogenated alkanes) is 2. The molecule has 598 valence electrons. The number of benzene rings is 2. The van der Waals surface area contributed by atoms with Gasteiger partial charge in [0, 0.05) is 120 Å². The van der Waals surface area contributed by atoms with Gasteiger partial charge in [-0.15, -0.1) is 0 Å². The van der Waals surface area contributed by atoms with Crippen LogP contribution in [-0.2, 0) is 90.8 Å². The van der Waals surface area contributed by atoms with Gasteiger partial charge >= 0.3 is 23.9 Å². The maximum Gasteiger partial charge on any atom is 0.328 e. The van der Waals surface area contributed by atoms with E-state index in [1.54, 1.807) is 56.8 Å². The number of hydrogen-bond acceptors (Lipinski definition) is 23. The predicted molar refractivity (Wildman–Crippen MR) is 401 cm³/mol. The number of nitrogens with one attached hydrogen (secondary N) is 7. The molecular formula is C71H106N14O20S3. The third-order valence-electron chi connectivity index (χ3n) is 18.7. The number of carbonyl (C=O) groups excluding carboxylic acids is 10. The van der Waals surface area contributed by atoms with Gasteiger partial charge in [-0.1, -0.05) is 68.3 Å². The van der Waals surface area contributed by atoms with Crippen LogP contribution in [0.3, 0.4) is 0 Å². The number of carbonyl (C=O) groups is 14. The van der Waals surface area contributed by atoms with Crippen molar-refractivity contribution in [3.05, 3.63) is 70.8 Å². The number of fused-ring (bicyclic) bond motifs is 4. The summed E-state index contributed by atoms with van der Waals surface area (Å²) in [5.74, 6) is -11.0. The molecule has 9 atom stereocenters. The molecule has 2 aromatic rings. The normalized spacial score (nSPS) is 22.9. The number of nitrogens with zero attached hydrogens (tertiary/aromatic N) is 6. The lowest BCUT2D eigenvalue weighted by atomic mass is 10.0.